The predicted octanol–water partition coefficient (Wildman–Crippen LogP) is 2.47. The number of fused-ring (bicyclic) bond motifs is 1. The molecule has 8 nitrogen and oxygen atoms in total. The number of benzene rings is 2. The molecule has 0 aliphatic carbocycles. The fourth-order valence-corrected chi connectivity index (χ4v) is 2.97. The van der Waals surface area contributed by atoms with Crippen molar-refractivity contribution in [1.82, 2.24) is 20.4 Å². The van der Waals surface area contributed by atoms with Crippen molar-refractivity contribution in [2.24, 2.45) is 4.99 Å². The molecule has 0 saturated carbocycles. The molecule has 0 saturated heterocycles. The van der Waals surface area contributed by atoms with Crippen LogP contribution in [0.25, 0.3) is 5.69 Å². The Hall–Kier alpha value is -3.68. The molecule has 0 spiro atoms. The van der Waals surface area contributed by atoms with Crippen LogP contribution in [0, 0.1) is 0 Å². The third kappa shape index (κ3) is 4.43. The highest BCUT2D eigenvalue weighted by Gasteiger charge is 2.13. The first-order chi connectivity index (χ1) is 14.2. The fourth-order valence-electron chi connectivity index (χ4n) is 2.97. The van der Waals surface area contributed by atoms with E-state index in [1.807, 2.05) is 59.4 Å². The Morgan fingerprint density at radius 2 is 1.86 bits per heavy atom. The molecule has 8 heteroatoms. The Morgan fingerprint density at radius 1 is 1.07 bits per heavy atom. The van der Waals surface area contributed by atoms with Crippen LogP contribution in [-0.2, 0) is 13.1 Å². The van der Waals surface area contributed by atoms with Gasteiger partial charge in [-0.1, -0.05) is 6.07 Å². The van der Waals surface area contributed by atoms with Gasteiger partial charge >= 0.3 is 0 Å². The van der Waals surface area contributed by atoms with Gasteiger partial charge in [0.25, 0.3) is 0 Å². The Bertz CT molecular complexity index is 998. The predicted molar refractivity (Wildman–Crippen MR) is 110 cm³/mol. The maximum atomic E-state index is 5.42. The largest absolute Gasteiger partial charge is 0.497 e. The third-order valence-electron chi connectivity index (χ3n) is 4.54. The number of nitrogens with zero attached hydrogens (tertiary/aromatic N) is 3. The maximum Gasteiger partial charge on any atom is 0.231 e. The van der Waals surface area contributed by atoms with Crippen LogP contribution in [0.3, 0.4) is 0 Å². The first-order valence-electron chi connectivity index (χ1n) is 9.27. The molecule has 2 aromatic carbocycles. The lowest BCUT2D eigenvalue weighted by Gasteiger charge is -2.11. The Labute approximate surface area is 169 Å². The highest BCUT2D eigenvalue weighted by atomic mass is 16.7. The second-order valence-electron chi connectivity index (χ2n) is 6.42. The maximum absolute atomic E-state index is 5.42. The van der Waals surface area contributed by atoms with Crippen molar-refractivity contribution in [1.29, 1.82) is 0 Å². The van der Waals surface area contributed by atoms with Crippen molar-refractivity contribution < 1.29 is 14.2 Å². The van der Waals surface area contributed by atoms with Crippen LogP contribution < -0.4 is 24.8 Å². The number of hydrogen-bond acceptors (Lipinski definition) is 5. The van der Waals surface area contributed by atoms with Gasteiger partial charge in [0.15, 0.2) is 17.5 Å². The van der Waals surface area contributed by atoms with Crippen LogP contribution >= 0.6 is 0 Å². The number of rotatable bonds is 6. The highest BCUT2D eigenvalue weighted by molar-refractivity contribution is 5.79. The molecule has 0 unspecified atom stereocenters. The molecule has 29 heavy (non-hydrogen) atoms. The smallest absolute Gasteiger partial charge is 0.231 e. The van der Waals surface area contributed by atoms with Gasteiger partial charge in [0.05, 0.1) is 25.0 Å². The van der Waals surface area contributed by atoms with Crippen LogP contribution in [-0.4, -0.2) is 36.7 Å². The summed E-state index contributed by atoms with van der Waals surface area (Å²) in [5.74, 6) is 3.07. The number of ether oxygens (including phenoxy) is 3. The van der Waals surface area contributed by atoms with Crippen LogP contribution in [0.15, 0.2) is 59.7 Å². The van der Waals surface area contributed by atoms with Crippen molar-refractivity contribution in [3.05, 3.63) is 66.0 Å². The van der Waals surface area contributed by atoms with Gasteiger partial charge in [-0.05, 0) is 48.0 Å². The molecule has 4 rings (SSSR count). The van der Waals surface area contributed by atoms with E-state index < -0.39 is 0 Å². The zero-order valence-electron chi connectivity index (χ0n) is 16.4. The first kappa shape index (κ1) is 18.7. The van der Waals surface area contributed by atoms with Crippen molar-refractivity contribution >= 4 is 5.96 Å². The van der Waals surface area contributed by atoms with E-state index in [4.69, 9.17) is 14.2 Å². The first-order valence-corrected chi connectivity index (χ1v) is 9.27. The number of hydrogen-bond donors (Lipinski definition) is 2. The molecule has 150 valence electrons. The zero-order chi connectivity index (χ0) is 20.1. The second kappa shape index (κ2) is 8.55. The van der Waals surface area contributed by atoms with Crippen LogP contribution in [0.4, 0.5) is 0 Å². The number of guanidine groups is 1. The van der Waals surface area contributed by atoms with Crippen molar-refractivity contribution in [3.63, 3.8) is 0 Å². The monoisotopic (exact) mass is 393 g/mol. The summed E-state index contributed by atoms with van der Waals surface area (Å²) < 4.78 is 17.8. The summed E-state index contributed by atoms with van der Waals surface area (Å²) in [4.78, 5) is 4.26. The molecule has 1 aliphatic rings. The summed E-state index contributed by atoms with van der Waals surface area (Å²) in [5.41, 5.74) is 2.97. The summed E-state index contributed by atoms with van der Waals surface area (Å²) in [6.45, 7) is 1.46. The molecule has 2 N–H and O–H groups in total. The fraction of sp³-hybridized carbons (Fsp3) is 0.238. The van der Waals surface area contributed by atoms with E-state index in [-0.39, 0.29) is 6.79 Å². The minimum atomic E-state index is 0.276. The van der Waals surface area contributed by atoms with E-state index in [2.05, 4.69) is 20.7 Å². The van der Waals surface area contributed by atoms with E-state index in [1.165, 1.54) is 0 Å². The Morgan fingerprint density at radius 3 is 2.66 bits per heavy atom. The molecule has 0 fully saturated rings. The SMILES string of the molecule is CN=C(NCc1ccc2c(c1)OCO2)NCc1ccn(-c2ccc(OC)cc2)n1. The van der Waals surface area contributed by atoms with E-state index in [1.54, 1.807) is 14.2 Å². The van der Waals surface area contributed by atoms with Crippen molar-refractivity contribution in [2.45, 2.75) is 13.1 Å². The summed E-state index contributed by atoms with van der Waals surface area (Å²) in [7, 11) is 3.39. The van der Waals surface area contributed by atoms with Crippen molar-refractivity contribution in [3.8, 4) is 22.9 Å². The molecular formula is C21H23N5O3. The molecule has 1 aromatic heterocycles. The summed E-state index contributed by atoms with van der Waals surface area (Å²) in [5, 5.41) is 11.2. The summed E-state index contributed by atoms with van der Waals surface area (Å²) in [6, 6.07) is 15.6. The van der Waals surface area contributed by atoms with Gasteiger partial charge in [0.1, 0.15) is 5.75 Å². The molecule has 1 aliphatic heterocycles. The highest BCUT2D eigenvalue weighted by Crippen LogP contribution is 2.32. The number of aliphatic imine (C=N–C) groups is 1. The van der Waals surface area contributed by atoms with E-state index in [0.29, 0.717) is 19.0 Å². The van der Waals surface area contributed by atoms with Gasteiger partial charge in [-0.15, -0.1) is 0 Å². The van der Waals surface area contributed by atoms with E-state index >= 15 is 0 Å². The summed E-state index contributed by atoms with van der Waals surface area (Å²) in [6.07, 6.45) is 1.93. The zero-order valence-corrected chi connectivity index (χ0v) is 16.4. The van der Waals surface area contributed by atoms with Gasteiger partial charge in [-0.3, -0.25) is 4.99 Å². The number of nitrogens with one attached hydrogen (secondary N) is 2. The molecule has 2 heterocycles. The number of aromatic nitrogens is 2. The average Bonchev–Trinajstić information content (AvgIpc) is 3.43. The quantitative estimate of drug-likeness (QED) is 0.495. The molecule has 3 aromatic rings. The molecule has 0 bridgehead atoms. The van der Waals surface area contributed by atoms with Crippen LogP contribution in [0.1, 0.15) is 11.3 Å². The van der Waals surface area contributed by atoms with E-state index in [0.717, 1.165) is 34.2 Å². The van der Waals surface area contributed by atoms with E-state index in [9.17, 15) is 0 Å². The molecule has 0 amide bonds. The Balaban J connectivity index is 1.31. The Kier molecular flexibility index (Phi) is 5.51. The van der Waals surface area contributed by atoms with Gasteiger partial charge < -0.3 is 24.8 Å². The minimum Gasteiger partial charge on any atom is -0.497 e. The lowest BCUT2D eigenvalue weighted by Crippen LogP contribution is -2.36. The van der Waals surface area contributed by atoms with Crippen molar-refractivity contribution in [2.75, 3.05) is 21.0 Å². The summed E-state index contributed by atoms with van der Waals surface area (Å²) >= 11 is 0. The van der Waals surface area contributed by atoms with Gasteiger partial charge in [-0.2, -0.15) is 5.10 Å². The average molecular weight is 393 g/mol. The lowest BCUT2D eigenvalue weighted by molar-refractivity contribution is 0.174. The third-order valence-corrected chi connectivity index (χ3v) is 4.54. The van der Waals surface area contributed by atoms with Crippen LogP contribution in [0.5, 0.6) is 17.2 Å². The normalized spacial score (nSPS) is 12.7. The molecular weight excluding hydrogens is 370 g/mol. The van der Waals surface area contributed by atoms with Crippen LogP contribution in [0.2, 0.25) is 0 Å². The van der Waals surface area contributed by atoms with Gasteiger partial charge in [-0.25, -0.2) is 4.68 Å². The van der Waals surface area contributed by atoms with Gasteiger partial charge in [0, 0.05) is 19.8 Å². The molecule has 0 radical (unpaired) electrons. The number of methoxy groups -OCH3 is 1. The molecule has 0 atom stereocenters. The standard InChI is InChI=1S/C21H23N5O3/c1-22-21(23-12-15-3-8-19-20(11-15)29-14-28-19)24-13-16-9-10-26(25-16)17-4-6-18(27-2)7-5-17/h3-11H,12-14H2,1-2H3,(H2,22,23,24). The minimum absolute atomic E-state index is 0.276. The topological polar surface area (TPSA) is 81.9 Å². The van der Waals surface area contributed by atoms with Gasteiger partial charge in [0.2, 0.25) is 6.79 Å². The second-order valence-corrected chi connectivity index (χ2v) is 6.42. The lowest BCUT2D eigenvalue weighted by atomic mass is 10.2.